The number of hydrazone groups is 1. The van der Waals surface area contributed by atoms with Crippen molar-refractivity contribution in [1.29, 1.82) is 0 Å². The predicted molar refractivity (Wildman–Crippen MR) is 122 cm³/mol. The van der Waals surface area contributed by atoms with Crippen LogP contribution in [0.1, 0.15) is 69.6 Å². The lowest BCUT2D eigenvalue weighted by atomic mass is 9.79. The Labute approximate surface area is 175 Å². The molecule has 1 N–H and O–H groups in total. The number of hydrogen-bond acceptors (Lipinski definition) is 3. The second-order valence-corrected chi connectivity index (χ2v) is 8.67. The molecule has 0 saturated carbocycles. The van der Waals surface area contributed by atoms with Crippen LogP contribution in [0.5, 0.6) is 0 Å². The summed E-state index contributed by atoms with van der Waals surface area (Å²) >= 11 is 0. The molecule has 1 heterocycles. The Morgan fingerprint density at radius 3 is 2.72 bits per heavy atom. The monoisotopic (exact) mass is 391 g/mol. The van der Waals surface area contributed by atoms with E-state index in [-0.39, 0.29) is 11.4 Å². The molecule has 29 heavy (non-hydrogen) atoms. The fourth-order valence-electron chi connectivity index (χ4n) is 4.37. The number of hydrogen-bond donors (Lipinski definition) is 1. The summed E-state index contributed by atoms with van der Waals surface area (Å²) in [5.74, 6) is 0.439. The molecule has 3 rings (SSSR count). The van der Waals surface area contributed by atoms with Crippen LogP contribution >= 0.6 is 0 Å². The summed E-state index contributed by atoms with van der Waals surface area (Å²) in [6.07, 6.45) is 5.18. The van der Waals surface area contributed by atoms with Crippen molar-refractivity contribution in [3.05, 3.63) is 65.2 Å². The zero-order chi connectivity index (χ0) is 20.9. The largest absolute Gasteiger partial charge is 0.366 e. The van der Waals surface area contributed by atoms with E-state index < -0.39 is 0 Å². The van der Waals surface area contributed by atoms with E-state index in [9.17, 15) is 4.79 Å². The van der Waals surface area contributed by atoms with Crippen molar-refractivity contribution in [2.75, 3.05) is 11.4 Å². The highest BCUT2D eigenvalue weighted by molar-refractivity contribution is 5.84. The number of nitrogens with one attached hydrogen (secondary N) is 1. The van der Waals surface area contributed by atoms with Crippen LogP contribution in [0.15, 0.2) is 53.6 Å². The van der Waals surface area contributed by atoms with Gasteiger partial charge in [-0.15, -0.1) is 0 Å². The molecule has 0 fully saturated rings. The van der Waals surface area contributed by atoms with Crippen molar-refractivity contribution in [3.63, 3.8) is 0 Å². The van der Waals surface area contributed by atoms with Crippen molar-refractivity contribution in [2.24, 2.45) is 5.10 Å². The van der Waals surface area contributed by atoms with Gasteiger partial charge in [0, 0.05) is 24.2 Å². The van der Waals surface area contributed by atoms with Gasteiger partial charge in [-0.3, -0.25) is 4.79 Å². The summed E-state index contributed by atoms with van der Waals surface area (Å²) in [5.41, 5.74) is 7.72. The average molecular weight is 392 g/mol. The number of carbonyl (C=O) groups excluding carboxylic acids is 1. The smallest absolute Gasteiger partial charge is 0.240 e. The molecule has 1 aliphatic heterocycles. The van der Waals surface area contributed by atoms with Gasteiger partial charge in [0.2, 0.25) is 5.91 Å². The maximum atomic E-state index is 12.0. The van der Waals surface area contributed by atoms with Crippen LogP contribution in [0, 0.1) is 0 Å². The van der Waals surface area contributed by atoms with Gasteiger partial charge in [0.05, 0.1) is 6.21 Å². The van der Waals surface area contributed by atoms with Gasteiger partial charge >= 0.3 is 0 Å². The van der Waals surface area contributed by atoms with Gasteiger partial charge in [-0.05, 0) is 67.9 Å². The highest BCUT2D eigenvalue weighted by atomic mass is 16.2. The first-order chi connectivity index (χ1) is 13.9. The second-order valence-electron chi connectivity index (χ2n) is 8.67. The molecule has 0 bridgehead atoms. The van der Waals surface area contributed by atoms with Crippen molar-refractivity contribution in [3.8, 4) is 0 Å². The molecule has 2 aromatic carbocycles. The summed E-state index contributed by atoms with van der Waals surface area (Å²) in [6.45, 7) is 10.3. The molecule has 1 atom stereocenters. The molecular weight excluding hydrogens is 358 g/mol. The first-order valence-corrected chi connectivity index (χ1v) is 10.7. The third-order valence-electron chi connectivity index (χ3n) is 5.74. The van der Waals surface area contributed by atoms with Gasteiger partial charge in [0.1, 0.15) is 0 Å². The Morgan fingerprint density at radius 2 is 2.00 bits per heavy atom. The van der Waals surface area contributed by atoms with Crippen molar-refractivity contribution in [2.45, 2.75) is 64.8 Å². The molecule has 0 aromatic heterocycles. The molecule has 0 saturated heterocycles. The minimum absolute atomic E-state index is 0.0627. The van der Waals surface area contributed by atoms with E-state index in [1.807, 2.05) is 30.3 Å². The molecule has 0 spiro atoms. The standard InChI is InChI=1S/C25H33N3O/c1-5-15-28-23-13-11-21(16-22(23)19(2)17-25(28,3)4)18-26-27-24(29)14-12-20-9-7-6-8-10-20/h6-11,13,16,18-19H,5,12,14-15,17H2,1-4H3,(H,27,29)/b26-18+. The maximum Gasteiger partial charge on any atom is 0.240 e. The van der Waals surface area contributed by atoms with Crippen LogP contribution < -0.4 is 10.3 Å². The van der Waals surface area contributed by atoms with Crippen molar-refractivity contribution >= 4 is 17.8 Å². The number of carbonyl (C=O) groups is 1. The normalized spacial score (nSPS) is 17.9. The van der Waals surface area contributed by atoms with Gasteiger partial charge < -0.3 is 4.90 Å². The zero-order valence-electron chi connectivity index (χ0n) is 18.1. The predicted octanol–water partition coefficient (Wildman–Crippen LogP) is 5.27. The summed E-state index contributed by atoms with van der Waals surface area (Å²) in [6, 6.07) is 16.6. The third-order valence-corrected chi connectivity index (χ3v) is 5.74. The summed E-state index contributed by atoms with van der Waals surface area (Å²) in [4.78, 5) is 14.6. The van der Waals surface area contributed by atoms with Gasteiger partial charge in [0.15, 0.2) is 0 Å². The highest BCUT2D eigenvalue weighted by Crippen LogP contribution is 2.43. The van der Waals surface area contributed by atoms with E-state index >= 15 is 0 Å². The Balaban J connectivity index is 1.63. The lowest BCUT2D eigenvalue weighted by Gasteiger charge is -2.47. The van der Waals surface area contributed by atoms with Crippen molar-refractivity contribution in [1.82, 2.24) is 5.43 Å². The number of aryl methyl sites for hydroxylation is 1. The number of amides is 1. The fraction of sp³-hybridized carbons (Fsp3) is 0.440. The first-order valence-electron chi connectivity index (χ1n) is 10.7. The molecule has 1 unspecified atom stereocenters. The Kier molecular flexibility index (Phi) is 6.73. The number of anilines is 1. The number of fused-ring (bicyclic) bond motifs is 1. The van der Waals surface area contributed by atoms with E-state index in [1.54, 1.807) is 6.21 Å². The average Bonchev–Trinajstić information content (AvgIpc) is 2.70. The number of nitrogens with zero attached hydrogens (tertiary/aromatic N) is 2. The summed E-state index contributed by atoms with van der Waals surface area (Å²) in [5, 5.41) is 4.17. The molecule has 4 heteroatoms. The molecule has 154 valence electrons. The molecule has 0 radical (unpaired) electrons. The highest BCUT2D eigenvalue weighted by Gasteiger charge is 2.35. The fourth-order valence-corrected chi connectivity index (χ4v) is 4.37. The van der Waals surface area contributed by atoms with Crippen LogP contribution in [-0.4, -0.2) is 24.2 Å². The minimum Gasteiger partial charge on any atom is -0.366 e. The molecule has 1 aliphatic rings. The second kappa shape index (κ2) is 9.25. The van der Waals surface area contributed by atoms with Crippen LogP contribution in [0.2, 0.25) is 0 Å². The van der Waals surface area contributed by atoms with Crippen LogP contribution in [0.3, 0.4) is 0 Å². The van der Waals surface area contributed by atoms with Crippen LogP contribution in [-0.2, 0) is 11.2 Å². The number of benzene rings is 2. The topological polar surface area (TPSA) is 44.7 Å². The van der Waals surface area contributed by atoms with Crippen LogP contribution in [0.4, 0.5) is 5.69 Å². The third kappa shape index (κ3) is 5.26. The maximum absolute atomic E-state index is 12.0. The summed E-state index contributed by atoms with van der Waals surface area (Å²) in [7, 11) is 0. The van der Waals surface area contributed by atoms with Gasteiger partial charge in [0.25, 0.3) is 0 Å². The quantitative estimate of drug-likeness (QED) is 0.516. The van der Waals surface area contributed by atoms with E-state index in [0.717, 1.165) is 36.9 Å². The SMILES string of the molecule is CCCN1c2ccc(/C=N/NC(=O)CCc3ccccc3)cc2C(C)CC1(C)C. The van der Waals surface area contributed by atoms with Gasteiger partial charge in [-0.2, -0.15) is 5.10 Å². The number of rotatable bonds is 7. The van der Waals surface area contributed by atoms with Gasteiger partial charge in [-0.1, -0.05) is 50.2 Å². The Bertz CT molecular complexity index is 858. The zero-order valence-corrected chi connectivity index (χ0v) is 18.1. The Morgan fingerprint density at radius 1 is 1.24 bits per heavy atom. The Hall–Kier alpha value is -2.62. The molecule has 0 aliphatic carbocycles. The first kappa shape index (κ1) is 21.1. The van der Waals surface area contributed by atoms with Crippen molar-refractivity contribution < 1.29 is 4.79 Å². The van der Waals surface area contributed by atoms with Crippen LogP contribution in [0.25, 0.3) is 0 Å². The minimum atomic E-state index is -0.0627. The molecule has 2 aromatic rings. The molecule has 4 nitrogen and oxygen atoms in total. The van der Waals surface area contributed by atoms with Gasteiger partial charge in [-0.25, -0.2) is 5.43 Å². The molecular formula is C25H33N3O. The van der Waals surface area contributed by atoms with E-state index in [0.29, 0.717) is 12.3 Å². The molecule has 1 amide bonds. The van der Waals surface area contributed by atoms with E-state index in [2.05, 4.69) is 61.3 Å². The lowest BCUT2D eigenvalue weighted by molar-refractivity contribution is -0.121. The van der Waals surface area contributed by atoms with E-state index in [4.69, 9.17) is 0 Å². The van der Waals surface area contributed by atoms with E-state index in [1.165, 1.54) is 11.3 Å². The summed E-state index contributed by atoms with van der Waals surface area (Å²) < 4.78 is 0. The lowest BCUT2D eigenvalue weighted by Crippen LogP contribution is -2.48.